The summed E-state index contributed by atoms with van der Waals surface area (Å²) < 4.78 is 10.9. The number of furan rings is 1. The Morgan fingerprint density at radius 1 is 1.04 bits per heavy atom. The molecule has 0 saturated heterocycles. The van der Waals surface area contributed by atoms with Gasteiger partial charge in [0.25, 0.3) is 5.69 Å². The van der Waals surface area contributed by atoms with Crippen molar-refractivity contribution in [2.75, 3.05) is 12.4 Å². The van der Waals surface area contributed by atoms with Gasteiger partial charge in [0.2, 0.25) is 0 Å². The van der Waals surface area contributed by atoms with Gasteiger partial charge in [-0.25, -0.2) is 0 Å². The van der Waals surface area contributed by atoms with Gasteiger partial charge in [0.1, 0.15) is 17.3 Å². The molecule has 0 aliphatic heterocycles. The molecule has 0 amide bonds. The molecule has 0 aliphatic carbocycles. The van der Waals surface area contributed by atoms with Crippen molar-refractivity contribution in [3.8, 4) is 17.1 Å². The van der Waals surface area contributed by atoms with E-state index in [9.17, 15) is 10.1 Å². The smallest absolute Gasteiger partial charge is 0.269 e. The second kappa shape index (κ2) is 6.87. The van der Waals surface area contributed by atoms with Crippen molar-refractivity contribution in [3.63, 3.8) is 0 Å². The van der Waals surface area contributed by atoms with Crippen LogP contribution in [0.4, 0.5) is 11.4 Å². The van der Waals surface area contributed by atoms with Crippen molar-refractivity contribution < 1.29 is 14.1 Å². The SMILES string of the molecule is COc1ccc(NCc2ccc(-c3ccc([N+](=O)[O-])cc3)o2)cc1. The third kappa shape index (κ3) is 3.55. The van der Waals surface area contributed by atoms with Crippen molar-refractivity contribution in [2.24, 2.45) is 0 Å². The summed E-state index contributed by atoms with van der Waals surface area (Å²) in [7, 11) is 1.63. The lowest BCUT2D eigenvalue weighted by molar-refractivity contribution is -0.384. The molecule has 24 heavy (non-hydrogen) atoms. The summed E-state index contributed by atoms with van der Waals surface area (Å²) >= 11 is 0. The zero-order chi connectivity index (χ0) is 16.9. The number of rotatable bonds is 6. The summed E-state index contributed by atoms with van der Waals surface area (Å²) in [5, 5.41) is 13.9. The molecule has 3 aromatic rings. The minimum atomic E-state index is -0.421. The summed E-state index contributed by atoms with van der Waals surface area (Å²) in [6.45, 7) is 0.541. The van der Waals surface area contributed by atoms with Crippen LogP contribution in [0.25, 0.3) is 11.3 Å². The van der Waals surface area contributed by atoms with Gasteiger partial charge in [-0.3, -0.25) is 10.1 Å². The van der Waals surface area contributed by atoms with E-state index in [-0.39, 0.29) is 5.69 Å². The minimum Gasteiger partial charge on any atom is -0.497 e. The minimum absolute atomic E-state index is 0.0618. The van der Waals surface area contributed by atoms with Gasteiger partial charge in [0.05, 0.1) is 18.6 Å². The third-order valence-corrected chi connectivity index (χ3v) is 3.58. The van der Waals surface area contributed by atoms with Crippen LogP contribution in [0, 0.1) is 10.1 Å². The van der Waals surface area contributed by atoms with Crippen LogP contribution in [0.15, 0.2) is 65.1 Å². The van der Waals surface area contributed by atoms with E-state index in [0.717, 1.165) is 22.8 Å². The average Bonchev–Trinajstić information content (AvgIpc) is 3.09. The maximum Gasteiger partial charge on any atom is 0.269 e. The molecule has 0 aliphatic rings. The highest BCUT2D eigenvalue weighted by atomic mass is 16.6. The molecule has 2 aromatic carbocycles. The molecule has 0 unspecified atom stereocenters. The Morgan fingerprint density at radius 2 is 1.75 bits per heavy atom. The lowest BCUT2D eigenvalue weighted by Gasteiger charge is -2.05. The number of hydrogen-bond donors (Lipinski definition) is 1. The maximum atomic E-state index is 10.7. The fourth-order valence-electron chi connectivity index (χ4n) is 2.27. The van der Waals surface area contributed by atoms with Crippen LogP contribution in [0.1, 0.15) is 5.76 Å². The molecule has 6 nitrogen and oxygen atoms in total. The first-order valence-electron chi connectivity index (χ1n) is 7.37. The summed E-state index contributed by atoms with van der Waals surface area (Å²) in [4.78, 5) is 10.3. The standard InChI is InChI=1S/C18H16N2O4/c1-23-16-8-4-14(5-9-16)19-12-17-10-11-18(24-17)13-2-6-15(7-3-13)20(21)22/h2-11,19H,12H2,1H3. The first-order valence-corrected chi connectivity index (χ1v) is 7.37. The quantitative estimate of drug-likeness (QED) is 0.534. The molecular weight excluding hydrogens is 308 g/mol. The van der Waals surface area contributed by atoms with Gasteiger partial charge in [-0.1, -0.05) is 0 Å². The van der Waals surface area contributed by atoms with Crippen LogP contribution in [0.2, 0.25) is 0 Å². The Balaban J connectivity index is 1.65. The van der Waals surface area contributed by atoms with Gasteiger partial charge >= 0.3 is 0 Å². The van der Waals surface area contributed by atoms with E-state index in [1.54, 1.807) is 19.2 Å². The zero-order valence-corrected chi connectivity index (χ0v) is 13.1. The van der Waals surface area contributed by atoms with Crippen LogP contribution in [-0.2, 0) is 6.54 Å². The van der Waals surface area contributed by atoms with E-state index in [2.05, 4.69) is 5.32 Å². The van der Waals surface area contributed by atoms with Crippen LogP contribution in [-0.4, -0.2) is 12.0 Å². The van der Waals surface area contributed by atoms with E-state index < -0.39 is 4.92 Å². The number of hydrogen-bond acceptors (Lipinski definition) is 5. The molecule has 0 spiro atoms. The summed E-state index contributed by atoms with van der Waals surface area (Å²) in [6.07, 6.45) is 0. The number of nitro groups is 1. The highest BCUT2D eigenvalue weighted by Gasteiger charge is 2.08. The predicted octanol–water partition coefficient (Wildman–Crippen LogP) is 4.48. The lowest BCUT2D eigenvalue weighted by Crippen LogP contribution is -1.97. The van der Waals surface area contributed by atoms with Crippen molar-refractivity contribution >= 4 is 11.4 Å². The zero-order valence-electron chi connectivity index (χ0n) is 13.1. The lowest BCUT2D eigenvalue weighted by atomic mass is 10.1. The Kier molecular flexibility index (Phi) is 4.47. The Hall–Kier alpha value is -3.28. The van der Waals surface area contributed by atoms with Gasteiger partial charge in [-0.15, -0.1) is 0 Å². The number of nitrogens with one attached hydrogen (secondary N) is 1. The number of methoxy groups -OCH3 is 1. The molecule has 3 rings (SSSR count). The Morgan fingerprint density at radius 3 is 2.38 bits per heavy atom. The highest BCUT2D eigenvalue weighted by Crippen LogP contribution is 2.25. The number of nitro benzene ring substituents is 1. The summed E-state index contributed by atoms with van der Waals surface area (Å²) in [5.41, 5.74) is 1.83. The molecule has 0 radical (unpaired) electrons. The van der Waals surface area contributed by atoms with Crippen molar-refractivity contribution in [3.05, 3.63) is 76.5 Å². The molecule has 1 N–H and O–H groups in total. The third-order valence-electron chi connectivity index (χ3n) is 3.58. The van der Waals surface area contributed by atoms with Crippen LogP contribution >= 0.6 is 0 Å². The number of nitrogens with zero attached hydrogens (tertiary/aromatic N) is 1. The number of benzene rings is 2. The van der Waals surface area contributed by atoms with Crippen LogP contribution < -0.4 is 10.1 Å². The normalized spacial score (nSPS) is 10.4. The molecule has 0 fully saturated rings. The van der Waals surface area contributed by atoms with Gasteiger partial charge in [0.15, 0.2) is 0 Å². The molecule has 0 saturated carbocycles. The topological polar surface area (TPSA) is 77.5 Å². The second-order valence-electron chi connectivity index (χ2n) is 5.15. The maximum absolute atomic E-state index is 10.7. The van der Waals surface area contributed by atoms with E-state index in [0.29, 0.717) is 12.3 Å². The van der Waals surface area contributed by atoms with Crippen LogP contribution in [0.3, 0.4) is 0 Å². The van der Waals surface area contributed by atoms with E-state index in [1.807, 2.05) is 36.4 Å². The summed E-state index contributed by atoms with van der Waals surface area (Å²) in [6, 6.07) is 17.6. The Bertz CT molecular complexity index is 823. The first-order chi connectivity index (χ1) is 11.7. The molecule has 6 heteroatoms. The molecular formula is C18H16N2O4. The molecule has 1 heterocycles. The molecule has 0 atom stereocenters. The number of non-ortho nitro benzene ring substituents is 1. The first kappa shape index (κ1) is 15.6. The van der Waals surface area contributed by atoms with Gasteiger partial charge in [-0.05, 0) is 48.5 Å². The number of anilines is 1. The fraction of sp³-hybridized carbons (Fsp3) is 0.111. The largest absolute Gasteiger partial charge is 0.497 e. The van der Waals surface area contributed by atoms with Crippen molar-refractivity contribution in [1.29, 1.82) is 0 Å². The van der Waals surface area contributed by atoms with Crippen molar-refractivity contribution in [1.82, 2.24) is 0 Å². The van der Waals surface area contributed by atoms with Crippen molar-refractivity contribution in [2.45, 2.75) is 6.54 Å². The van der Waals surface area contributed by atoms with Crippen LogP contribution in [0.5, 0.6) is 5.75 Å². The van der Waals surface area contributed by atoms with Gasteiger partial charge in [0, 0.05) is 23.4 Å². The van der Waals surface area contributed by atoms with E-state index >= 15 is 0 Å². The van der Waals surface area contributed by atoms with E-state index in [1.165, 1.54) is 12.1 Å². The average molecular weight is 324 g/mol. The predicted molar refractivity (Wildman–Crippen MR) is 91.1 cm³/mol. The molecule has 0 bridgehead atoms. The monoisotopic (exact) mass is 324 g/mol. The fourth-order valence-corrected chi connectivity index (χ4v) is 2.27. The van der Waals surface area contributed by atoms with Gasteiger partial charge < -0.3 is 14.5 Å². The number of ether oxygens (including phenoxy) is 1. The summed E-state index contributed by atoms with van der Waals surface area (Å²) in [5.74, 6) is 2.26. The van der Waals surface area contributed by atoms with Gasteiger partial charge in [-0.2, -0.15) is 0 Å². The Labute approximate surface area is 138 Å². The second-order valence-corrected chi connectivity index (χ2v) is 5.15. The molecule has 1 aromatic heterocycles. The van der Waals surface area contributed by atoms with E-state index in [4.69, 9.17) is 9.15 Å². The molecule has 122 valence electrons. The highest BCUT2D eigenvalue weighted by molar-refractivity contribution is 5.59.